The lowest BCUT2D eigenvalue weighted by atomic mass is 10.0. The lowest BCUT2D eigenvalue weighted by Gasteiger charge is -2.19. The van der Waals surface area contributed by atoms with Crippen LogP contribution in [0.15, 0.2) is 47.4 Å². The first kappa shape index (κ1) is 18.7. The van der Waals surface area contributed by atoms with E-state index < -0.39 is 0 Å². The zero-order chi connectivity index (χ0) is 19.7. The Morgan fingerprint density at radius 1 is 1.21 bits per heavy atom. The van der Waals surface area contributed by atoms with Gasteiger partial charge in [0, 0.05) is 23.5 Å². The number of benzene rings is 2. The van der Waals surface area contributed by atoms with Crippen LogP contribution in [0.2, 0.25) is 0 Å². The first-order valence-electron chi connectivity index (χ1n) is 9.19. The Bertz CT molecular complexity index is 917. The number of thioether (sulfide) groups is 1. The van der Waals surface area contributed by atoms with Crippen molar-refractivity contribution in [1.82, 2.24) is 5.32 Å². The predicted octanol–water partition coefficient (Wildman–Crippen LogP) is 3.37. The molecule has 2 aromatic carbocycles. The summed E-state index contributed by atoms with van der Waals surface area (Å²) in [6.07, 6.45) is 2.22. The zero-order valence-corrected chi connectivity index (χ0v) is 16.6. The molecule has 2 atom stereocenters. The van der Waals surface area contributed by atoms with Crippen molar-refractivity contribution in [3.8, 4) is 11.5 Å². The minimum Gasteiger partial charge on any atom is -0.454 e. The van der Waals surface area contributed by atoms with Crippen LogP contribution in [0.4, 0.5) is 5.69 Å². The van der Waals surface area contributed by atoms with Crippen LogP contribution in [0.3, 0.4) is 0 Å². The van der Waals surface area contributed by atoms with Crippen molar-refractivity contribution in [2.75, 3.05) is 24.5 Å². The Morgan fingerprint density at radius 3 is 2.86 bits per heavy atom. The molecule has 1 N–H and O–H groups in total. The summed E-state index contributed by atoms with van der Waals surface area (Å²) < 4.78 is 10.7. The highest BCUT2D eigenvalue weighted by Crippen LogP contribution is 2.34. The zero-order valence-electron chi connectivity index (χ0n) is 15.8. The number of hydrogen-bond donors (Lipinski definition) is 1. The van der Waals surface area contributed by atoms with Gasteiger partial charge >= 0.3 is 0 Å². The van der Waals surface area contributed by atoms with Crippen molar-refractivity contribution in [2.45, 2.75) is 24.3 Å². The summed E-state index contributed by atoms with van der Waals surface area (Å²) in [5, 5.41) is 3.03. The Hall–Kier alpha value is -2.67. The maximum absolute atomic E-state index is 12.8. The van der Waals surface area contributed by atoms with Crippen LogP contribution in [0.25, 0.3) is 0 Å². The normalized spacial score (nSPS) is 19.0. The van der Waals surface area contributed by atoms with Crippen molar-refractivity contribution >= 4 is 29.3 Å². The molecule has 0 bridgehead atoms. The third-order valence-electron chi connectivity index (χ3n) is 5.12. The Balaban J connectivity index is 1.42. The van der Waals surface area contributed by atoms with Crippen molar-refractivity contribution in [3.63, 3.8) is 0 Å². The van der Waals surface area contributed by atoms with E-state index in [0.29, 0.717) is 18.0 Å². The molecule has 4 rings (SSSR count). The van der Waals surface area contributed by atoms with Crippen molar-refractivity contribution in [2.24, 2.45) is 5.92 Å². The minimum atomic E-state index is -0.359. The van der Waals surface area contributed by atoms with Gasteiger partial charge in [-0.15, -0.1) is 11.8 Å². The average molecular weight is 398 g/mol. The standard InChI is InChI=1S/C21H22N2O4S/c1-13(14-6-7-18-19(8-14)27-12-26-18)22-21(25)15-9-20(24)23(11-15)16-4-3-5-17(10-16)28-2/h3-8,10,13,15H,9,11-12H2,1-2H3,(H,22,25). The van der Waals surface area contributed by atoms with Gasteiger partial charge in [-0.3, -0.25) is 9.59 Å². The monoisotopic (exact) mass is 398 g/mol. The number of amides is 2. The molecule has 2 unspecified atom stereocenters. The predicted molar refractivity (Wildman–Crippen MR) is 108 cm³/mol. The summed E-state index contributed by atoms with van der Waals surface area (Å²) in [5.74, 6) is 0.916. The molecule has 1 fully saturated rings. The summed E-state index contributed by atoms with van der Waals surface area (Å²) in [6, 6.07) is 13.3. The van der Waals surface area contributed by atoms with E-state index in [1.165, 1.54) is 0 Å². The smallest absolute Gasteiger partial charge is 0.231 e. The second-order valence-electron chi connectivity index (χ2n) is 6.95. The third kappa shape index (κ3) is 3.67. The van der Waals surface area contributed by atoms with Gasteiger partial charge in [-0.2, -0.15) is 0 Å². The van der Waals surface area contributed by atoms with Gasteiger partial charge in [-0.05, 0) is 49.1 Å². The fraction of sp³-hybridized carbons (Fsp3) is 0.333. The molecule has 1 saturated heterocycles. The topological polar surface area (TPSA) is 67.9 Å². The number of rotatable bonds is 5. The van der Waals surface area contributed by atoms with E-state index in [-0.39, 0.29) is 37.0 Å². The second-order valence-corrected chi connectivity index (χ2v) is 7.83. The van der Waals surface area contributed by atoms with Gasteiger partial charge in [0.1, 0.15) is 0 Å². The van der Waals surface area contributed by atoms with Crippen LogP contribution in [0.1, 0.15) is 24.9 Å². The molecule has 28 heavy (non-hydrogen) atoms. The molecule has 2 aliphatic heterocycles. The first-order valence-corrected chi connectivity index (χ1v) is 10.4. The van der Waals surface area contributed by atoms with Crippen molar-refractivity contribution in [1.29, 1.82) is 0 Å². The number of hydrogen-bond acceptors (Lipinski definition) is 5. The number of carbonyl (C=O) groups excluding carboxylic acids is 2. The SMILES string of the molecule is CSc1cccc(N2CC(C(=O)NC(C)c3ccc4c(c3)OCO4)CC2=O)c1. The highest BCUT2D eigenvalue weighted by molar-refractivity contribution is 7.98. The van der Waals surface area contributed by atoms with Gasteiger partial charge in [-0.1, -0.05) is 12.1 Å². The number of carbonyl (C=O) groups is 2. The number of nitrogens with one attached hydrogen (secondary N) is 1. The molecule has 0 aliphatic carbocycles. The van der Waals surface area contributed by atoms with E-state index in [1.807, 2.05) is 55.6 Å². The molecule has 0 aromatic heterocycles. The molecular weight excluding hydrogens is 376 g/mol. The van der Waals surface area contributed by atoms with Gasteiger partial charge in [0.25, 0.3) is 0 Å². The van der Waals surface area contributed by atoms with Crippen LogP contribution in [-0.4, -0.2) is 31.4 Å². The van der Waals surface area contributed by atoms with Crippen molar-refractivity contribution < 1.29 is 19.1 Å². The summed E-state index contributed by atoms with van der Waals surface area (Å²) in [6.45, 7) is 2.54. The Kier molecular flexibility index (Phi) is 5.17. The third-order valence-corrected chi connectivity index (χ3v) is 5.84. The second kappa shape index (κ2) is 7.75. The van der Waals surface area contributed by atoms with Gasteiger partial charge in [-0.25, -0.2) is 0 Å². The van der Waals surface area contributed by atoms with Crippen LogP contribution >= 0.6 is 11.8 Å². The minimum absolute atomic E-state index is 0.0193. The quantitative estimate of drug-likeness (QED) is 0.782. The largest absolute Gasteiger partial charge is 0.454 e. The molecular formula is C21H22N2O4S. The number of nitrogens with zero attached hydrogens (tertiary/aromatic N) is 1. The molecule has 7 heteroatoms. The van der Waals surface area contributed by atoms with Crippen LogP contribution < -0.4 is 19.7 Å². The van der Waals surface area contributed by atoms with Crippen molar-refractivity contribution in [3.05, 3.63) is 48.0 Å². The Labute approximate surface area is 168 Å². The fourth-order valence-corrected chi connectivity index (χ4v) is 3.96. The lowest BCUT2D eigenvalue weighted by molar-refractivity contribution is -0.126. The van der Waals surface area contributed by atoms with Gasteiger partial charge < -0.3 is 19.7 Å². The molecule has 0 saturated carbocycles. The molecule has 2 amide bonds. The molecule has 0 spiro atoms. The average Bonchev–Trinajstić information content (AvgIpc) is 3.33. The number of fused-ring (bicyclic) bond motifs is 1. The number of ether oxygens (including phenoxy) is 2. The van der Waals surface area contributed by atoms with E-state index in [9.17, 15) is 9.59 Å². The van der Waals surface area contributed by atoms with Gasteiger partial charge in [0.15, 0.2) is 11.5 Å². The lowest BCUT2D eigenvalue weighted by Crippen LogP contribution is -2.34. The van der Waals surface area contributed by atoms with Crippen LogP contribution in [0.5, 0.6) is 11.5 Å². The fourth-order valence-electron chi connectivity index (χ4n) is 3.51. The highest BCUT2D eigenvalue weighted by Gasteiger charge is 2.35. The van der Waals surface area contributed by atoms with Crippen LogP contribution in [0, 0.1) is 5.92 Å². The summed E-state index contributed by atoms with van der Waals surface area (Å²) >= 11 is 1.63. The Morgan fingerprint density at radius 2 is 2.04 bits per heavy atom. The van der Waals surface area contributed by atoms with E-state index in [2.05, 4.69) is 5.32 Å². The summed E-state index contributed by atoms with van der Waals surface area (Å²) in [7, 11) is 0. The van der Waals surface area contributed by atoms with E-state index in [0.717, 1.165) is 16.1 Å². The van der Waals surface area contributed by atoms with E-state index >= 15 is 0 Å². The number of anilines is 1. The molecule has 6 nitrogen and oxygen atoms in total. The molecule has 2 aliphatic rings. The van der Waals surface area contributed by atoms with Gasteiger partial charge in [0.2, 0.25) is 18.6 Å². The highest BCUT2D eigenvalue weighted by atomic mass is 32.2. The maximum atomic E-state index is 12.8. The first-order chi connectivity index (χ1) is 13.5. The summed E-state index contributed by atoms with van der Waals surface area (Å²) in [4.78, 5) is 28.0. The molecule has 146 valence electrons. The summed E-state index contributed by atoms with van der Waals surface area (Å²) in [5.41, 5.74) is 1.78. The van der Waals surface area contributed by atoms with E-state index in [1.54, 1.807) is 16.7 Å². The van der Waals surface area contributed by atoms with Crippen LogP contribution in [-0.2, 0) is 9.59 Å². The van der Waals surface area contributed by atoms with Gasteiger partial charge in [0.05, 0.1) is 12.0 Å². The maximum Gasteiger partial charge on any atom is 0.231 e. The molecule has 2 aromatic rings. The molecule has 0 radical (unpaired) electrons. The van der Waals surface area contributed by atoms with E-state index in [4.69, 9.17) is 9.47 Å². The molecule has 2 heterocycles.